The van der Waals surface area contributed by atoms with Crippen molar-refractivity contribution in [2.45, 2.75) is 6.42 Å². The highest BCUT2D eigenvalue weighted by atomic mass is 35.5. The van der Waals surface area contributed by atoms with E-state index in [1.165, 1.54) is 0 Å². The monoisotopic (exact) mass is 260 g/mol. The Labute approximate surface area is 106 Å². The molecule has 0 fully saturated rings. The minimum Gasteiger partial charge on any atom is -0.330 e. The number of aromatic nitrogens is 3. The second-order valence-electron chi connectivity index (χ2n) is 3.01. The topological polar surface area (TPSA) is 67.6 Å². The van der Waals surface area contributed by atoms with Crippen molar-refractivity contribution in [2.24, 2.45) is 5.73 Å². The van der Waals surface area contributed by atoms with Crippen LogP contribution in [0.1, 0.15) is 5.82 Å². The molecule has 0 amide bonds. The Morgan fingerprint density at radius 1 is 1.12 bits per heavy atom. The third-order valence-electron chi connectivity index (χ3n) is 1.94. The highest BCUT2D eigenvalue weighted by molar-refractivity contribution is 5.85. The van der Waals surface area contributed by atoms with E-state index in [-0.39, 0.29) is 24.8 Å². The highest BCUT2D eigenvalue weighted by Crippen LogP contribution is 2.12. The van der Waals surface area contributed by atoms with Crippen molar-refractivity contribution in [3.63, 3.8) is 0 Å². The molecule has 1 heterocycles. The van der Waals surface area contributed by atoms with E-state index in [1.54, 1.807) is 0 Å². The first-order valence-electron chi connectivity index (χ1n) is 4.57. The molecule has 0 saturated heterocycles. The lowest BCUT2D eigenvalue weighted by atomic mass is 10.2. The summed E-state index contributed by atoms with van der Waals surface area (Å²) in [4.78, 5) is 4.32. The molecule has 2 aromatic rings. The number of hydrogen-bond donors (Lipinski definition) is 2. The molecule has 0 spiro atoms. The molecule has 1 aromatic carbocycles. The number of aromatic amines is 1. The molecule has 0 saturated carbocycles. The zero-order chi connectivity index (χ0) is 9.80. The molecule has 4 nitrogen and oxygen atoms in total. The SMILES string of the molecule is Cl.Cl.NCCc1nc(-c2ccccc2)n[nH]1. The lowest BCUT2D eigenvalue weighted by Crippen LogP contribution is -2.03. The molecular formula is C10H14Cl2N4. The number of nitrogens with zero attached hydrogens (tertiary/aromatic N) is 2. The van der Waals surface area contributed by atoms with Gasteiger partial charge in [0.15, 0.2) is 5.82 Å². The van der Waals surface area contributed by atoms with Crippen LogP contribution < -0.4 is 5.73 Å². The lowest BCUT2D eigenvalue weighted by molar-refractivity contribution is 0.874. The van der Waals surface area contributed by atoms with Gasteiger partial charge in [-0.2, -0.15) is 5.10 Å². The molecule has 1 aromatic heterocycles. The van der Waals surface area contributed by atoms with Crippen LogP contribution in [-0.4, -0.2) is 21.7 Å². The normalized spacial score (nSPS) is 9.06. The summed E-state index contributed by atoms with van der Waals surface area (Å²) >= 11 is 0. The van der Waals surface area contributed by atoms with Crippen molar-refractivity contribution in [3.05, 3.63) is 36.2 Å². The predicted octanol–water partition coefficient (Wildman–Crippen LogP) is 1.82. The second kappa shape index (κ2) is 7.22. The first-order chi connectivity index (χ1) is 6.90. The van der Waals surface area contributed by atoms with Crippen LogP contribution in [0.4, 0.5) is 0 Å². The number of rotatable bonds is 3. The van der Waals surface area contributed by atoms with Gasteiger partial charge in [-0.1, -0.05) is 30.3 Å². The van der Waals surface area contributed by atoms with Gasteiger partial charge < -0.3 is 5.73 Å². The summed E-state index contributed by atoms with van der Waals surface area (Å²) in [6.45, 7) is 0.587. The standard InChI is InChI=1S/C10H12N4.2ClH/c11-7-6-9-12-10(14-13-9)8-4-2-1-3-5-8;;/h1-5H,6-7,11H2,(H,12,13,14);2*1H. The van der Waals surface area contributed by atoms with Crippen molar-refractivity contribution >= 4 is 24.8 Å². The van der Waals surface area contributed by atoms with Crippen LogP contribution in [-0.2, 0) is 6.42 Å². The quantitative estimate of drug-likeness (QED) is 0.885. The van der Waals surface area contributed by atoms with E-state index >= 15 is 0 Å². The van der Waals surface area contributed by atoms with Crippen LogP contribution in [0.2, 0.25) is 0 Å². The summed E-state index contributed by atoms with van der Waals surface area (Å²) in [6, 6.07) is 9.87. The fraction of sp³-hybridized carbons (Fsp3) is 0.200. The van der Waals surface area contributed by atoms with Crippen molar-refractivity contribution in [1.29, 1.82) is 0 Å². The Morgan fingerprint density at radius 3 is 2.44 bits per heavy atom. The Kier molecular flexibility index (Phi) is 6.72. The average molecular weight is 261 g/mol. The van der Waals surface area contributed by atoms with Crippen LogP contribution >= 0.6 is 24.8 Å². The van der Waals surface area contributed by atoms with Gasteiger partial charge in [-0.15, -0.1) is 24.8 Å². The summed E-state index contributed by atoms with van der Waals surface area (Å²) in [5.41, 5.74) is 6.44. The van der Waals surface area contributed by atoms with Crippen molar-refractivity contribution in [3.8, 4) is 11.4 Å². The molecule has 6 heteroatoms. The van der Waals surface area contributed by atoms with E-state index in [2.05, 4.69) is 15.2 Å². The average Bonchev–Trinajstić information content (AvgIpc) is 2.68. The van der Waals surface area contributed by atoms with E-state index in [0.717, 1.165) is 23.6 Å². The van der Waals surface area contributed by atoms with Gasteiger partial charge in [0.2, 0.25) is 0 Å². The molecule has 16 heavy (non-hydrogen) atoms. The van der Waals surface area contributed by atoms with Gasteiger partial charge in [0, 0.05) is 12.0 Å². The zero-order valence-corrected chi connectivity index (χ0v) is 10.2. The maximum absolute atomic E-state index is 5.42. The molecule has 0 aliphatic heterocycles. The number of halogens is 2. The van der Waals surface area contributed by atoms with Gasteiger partial charge in [-0.3, -0.25) is 5.10 Å². The van der Waals surface area contributed by atoms with Gasteiger partial charge in [0.05, 0.1) is 0 Å². The molecule has 2 rings (SSSR count). The summed E-state index contributed by atoms with van der Waals surface area (Å²) in [6.07, 6.45) is 0.736. The molecule has 0 bridgehead atoms. The van der Waals surface area contributed by atoms with Crippen LogP contribution in [0, 0.1) is 0 Å². The van der Waals surface area contributed by atoms with Gasteiger partial charge in [-0.25, -0.2) is 4.98 Å². The Bertz CT molecular complexity index is 402. The fourth-order valence-electron chi connectivity index (χ4n) is 1.26. The van der Waals surface area contributed by atoms with Gasteiger partial charge in [-0.05, 0) is 6.54 Å². The fourth-order valence-corrected chi connectivity index (χ4v) is 1.26. The van der Waals surface area contributed by atoms with E-state index in [1.807, 2.05) is 30.3 Å². The van der Waals surface area contributed by atoms with Crippen molar-refractivity contribution in [1.82, 2.24) is 15.2 Å². The van der Waals surface area contributed by atoms with E-state index in [9.17, 15) is 0 Å². The molecule has 0 aliphatic rings. The number of nitrogens with two attached hydrogens (primary N) is 1. The Morgan fingerprint density at radius 2 is 1.81 bits per heavy atom. The highest BCUT2D eigenvalue weighted by Gasteiger charge is 2.03. The number of hydrogen-bond acceptors (Lipinski definition) is 3. The minimum atomic E-state index is 0. The first-order valence-corrected chi connectivity index (χ1v) is 4.57. The molecule has 88 valence electrons. The molecule has 0 aliphatic carbocycles. The van der Waals surface area contributed by atoms with Gasteiger partial charge in [0.1, 0.15) is 5.82 Å². The van der Waals surface area contributed by atoms with Gasteiger partial charge >= 0.3 is 0 Å². The second-order valence-corrected chi connectivity index (χ2v) is 3.01. The third-order valence-corrected chi connectivity index (χ3v) is 1.94. The van der Waals surface area contributed by atoms with E-state index in [4.69, 9.17) is 5.73 Å². The minimum absolute atomic E-state index is 0. The number of nitrogens with one attached hydrogen (secondary N) is 1. The summed E-state index contributed by atoms with van der Waals surface area (Å²) in [5.74, 6) is 1.57. The number of benzene rings is 1. The van der Waals surface area contributed by atoms with E-state index in [0.29, 0.717) is 6.54 Å². The maximum atomic E-state index is 5.42. The van der Waals surface area contributed by atoms with Crippen LogP contribution in [0.3, 0.4) is 0 Å². The van der Waals surface area contributed by atoms with Gasteiger partial charge in [0.25, 0.3) is 0 Å². The first kappa shape index (κ1) is 14.9. The molecule has 0 radical (unpaired) electrons. The molecular weight excluding hydrogens is 247 g/mol. The van der Waals surface area contributed by atoms with Crippen molar-refractivity contribution in [2.75, 3.05) is 6.54 Å². The summed E-state index contributed by atoms with van der Waals surface area (Å²) in [5, 5.41) is 6.98. The number of H-pyrrole nitrogens is 1. The summed E-state index contributed by atoms with van der Waals surface area (Å²) < 4.78 is 0. The lowest BCUT2D eigenvalue weighted by Gasteiger charge is -1.91. The van der Waals surface area contributed by atoms with Crippen LogP contribution in [0.25, 0.3) is 11.4 Å². The maximum Gasteiger partial charge on any atom is 0.181 e. The van der Waals surface area contributed by atoms with Crippen LogP contribution in [0.15, 0.2) is 30.3 Å². The molecule has 0 unspecified atom stereocenters. The molecule has 3 N–H and O–H groups in total. The third kappa shape index (κ3) is 3.48. The van der Waals surface area contributed by atoms with Crippen LogP contribution in [0.5, 0.6) is 0 Å². The Balaban J connectivity index is 0.00000112. The van der Waals surface area contributed by atoms with Crippen molar-refractivity contribution < 1.29 is 0 Å². The zero-order valence-electron chi connectivity index (χ0n) is 8.59. The molecule has 0 atom stereocenters. The predicted molar refractivity (Wildman–Crippen MR) is 69.1 cm³/mol. The smallest absolute Gasteiger partial charge is 0.181 e. The largest absolute Gasteiger partial charge is 0.330 e. The summed E-state index contributed by atoms with van der Waals surface area (Å²) in [7, 11) is 0. The Hall–Kier alpha value is -1.10. The van der Waals surface area contributed by atoms with E-state index < -0.39 is 0 Å².